The van der Waals surface area contributed by atoms with E-state index in [0.29, 0.717) is 12.6 Å². The van der Waals surface area contributed by atoms with E-state index in [1.54, 1.807) is 0 Å². The zero-order valence-corrected chi connectivity index (χ0v) is 7.82. The van der Waals surface area contributed by atoms with Crippen LogP contribution >= 0.6 is 0 Å². The van der Waals surface area contributed by atoms with Gasteiger partial charge in [0.05, 0.1) is 5.75 Å². The highest BCUT2D eigenvalue weighted by Gasteiger charge is 2.31. The standard InChI is InChI=1S/C7H15NO2S/c1-6-5-7(6)8-3-4-11(2,9)10/h6-8H,3-5H2,1-2H3. The molecule has 66 valence electrons. The molecule has 0 saturated heterocycles. The fraction of sp³-hybridized carbons (Fsp3) is 1.00. The van der Waals surface area contributed by atoms with Crippen molar-refractivity contribution >= 4 is 9.84 Å². The van der Waals surface area contributed by atoms with Gasteiger partial charge in [-0.2, -0.15) is 0 Å². The van der Waals surface area contributed by atoms with Crippen LogP contribution in [0.15, 0.2) is 0 Å². The Labute approximate surface area is 68.1 Å². The Balaban J connectivity index is 2.06. The summed E-state index contributed by atoms with van der Waals surface area (Å²) in [4.78, 5) is 0. The Kier molecular flexibility index (Phi) is 2.54. The van der Waals surface area contributed by atoms with Crippen LogP contribution in [0.1, 0.15) is 13.3 Å². The van der Waals surface area contributed by atoms with E-state index in [2.05, 4.69) is 12.2 Å². The summed E-state index contributed by atoms with van der Waals surface area (Å²) in [5.74, 6) is 1.01. The van der Waals surface area contributed by atoms with E-state index in [-0.39, 0.29) is 5.75 Å². The first-order valence-electron chi connectivity index (χ1n) is 3.90. The Morgan fingerprint density at radius 1 is 1.55 bits per heavy atom. The molecular weight excluding hydrogens is 162 g/mol. The predicted molar refractivity (Wildman–Crippen MR) is 45.3 cm³/mol. The van der Waals surface area contributed by atoms with E-state index >= 15 is 0 Å². The minimum absolute atomic E-state index is 0.260. The molecule has 1 N–H and O–H groups in total. The lowest BCUT2D eigenvalue weighted by Crippen LogP contribution is -2.25. The monoisotopic (exact) mass is 177 g/mol. The van der Waals surface area contributed by atoms with Crippen molar-refractivity contribution in [2.45, 2.75) is 19.4 Å². The van der Waals surface area contributed by atoms with Crippen molar-refractivity contribution in [1.29, 1.82) is 0 Å². The van der Waals surface area contributed by atoms with Crippen molar-refractivity contribution in [2.75, 3.05) is 18.6 Å². The molecule has 0 aromatic rings. The fourth-order valence-electron chi connectivity index (χ4n) is 1.04. The molecule has 1 rings (SSSR count). The number of nitrogens with one attached hydrogen (secondary N) is 1. The molecule has 3 nitrogen and oxygen atoms in total. The predicted octanol–water partition coefficient (Wildman–Crippen LogP) is 0.0290. The summed E-state index contributed by atoms with van der Waals surface area (Å²) in [5, 5.41) is 3.18. The highest BCUT2D eigenvalue weighted by molar-refractivity contribution is 7.90. The molecule has 1 aliphatic rings. The van der Waals surface area contributed by atoms with Gasteiger partial charge < -0.3 is 5.32 Å². The van der Waals surface area contributed by atoms with Gasteiger partial charge in [-0.15, -0.1) is 0 Å². The van der Waals surface area contributed by atoms with Gasteiger partial charge in [-0.3, -0.25) is 0 Å². The van der Waals surface area contributed by atoms with Crippen LogP contribution in [-0.2, 0) is 9.84 Å². The van der Waals surface area contributed by atoms with E-state index in [9.17, 15) is 8.42 Å². The van der Waals surface area contributed by atoms with Gasteiger partial charge in [0, 0.05) is 18.8 Å². The topological polar surface area (TPSA) is 46.2 Å². The number of rotatable bonds is 4. The van der Waals surface area contributed by atoms with Gasteiger partial charge in [0.2, 0.25) is 0 Å². The lowest BCUT2D eigenvalue weighted by atomic mass is 10.5. The summed E-state index contributed by atoms with van der Waals surface area (Å²) >= 11 is 0. The smallest absolute Gasteiger partial charge is 0.148 e. The van der Waals surface area contributed by atoms with Crippen LogP contribution < -0.4 is 5.32 Å². The Hall–Kier alpha value is -0.0900. The van der Waals surface area contributed by atoms with Crippen molar-refractivity contribution in [2.24, 2.45) is 5.92 Å². The molecule has 0 spiro atoms. The molecule has 1 saturated carbocycles. The summed E-state index contributed by atoms with van der Waals surface area (Å²) in [6.45, 7) is 2.77. The summed E-state index contributed by atoms with van der Waals surface area (Å²) in [6.07, 6.45) is 2.47. The second kappa shape index (κ2) is 3.11. The maximum atomic E-state index is 10.7. The number of sulfone groups is 1. The van der Waals surface area contributed by atoms with Crippen molar-refractivity contribution in [3.63, 3.8) is 0 Å². The molecule has 2 atom stereocenters. The van der Waals surface area contributed by atoms with E-state index in [1.165, 1.54) is 12.7 Å². The second-order valence-electron chi connectivity index (χ2n) is 3.40. The Morgan fingerprint density at radius 3 is 2.45 bits per heavy atom. The average Bonchev–Trinajstić information content (AvgIpc) is 2.43. The molecule has 0 aromatic carbocycles. The van der Waals surface area contributed by atoms with Crippen LogP contribution in [0.25, 0.3) is 0 Å². The van der Waals surface area contributed by atoms with Crippen molar-refractivity contribution in [3.05, 3.63) is 0 Å². The first kappa shape index (κ1) is 9.00. The van der Waals surface area contributed by atoms with Crippen molar-refractivity contribution < 1.29 is 8.42 Å². The average molecular weight is 177 g/mol. The molecule has 11 heavy (non-hydrogen) atoms. The quantitative estimate of drug-likeness (QED) is 0.659. The molecule has 0 bridgehead atoms. The van der Waals surface area contributed by atoms with E-state index < -0.39 is 9.84 Å². The van der Waals surface area contributed by atoms with Gasteiger partial charge in [-0.25, -0.2) is 8.42 Å². The van der Waals surface area contributed by atoms with Crippen molar-refractivity contribution in [1.82, 2.24) is 5.32 Å². The lowest BCUT2D eigenvalue weighted by molar-refractivity contribution is 0.594. The van der Waals surface area contributed by atoms with Crippen molar-refractivity contribution in [3.8, 4) is 0 Å². The van der Waals surface area contributed by atoms with Gasteiger partial charge in [0.25, 0.3) is 0 Å². The van der Waals surface area contributed by atoms with E-state index in [0.717, 1.165) is 5.92 Å². The minimum Gasteiger partial charge on any atom is -0.313 e. The van der Waals surface area contributed by atoms with E-state index in [4.69, 9.17) is 0 Å². The number of hydrogen-bond acceptors (Lipinski definition) is 3. The lowest BCUT2D eigenvalue weighted by Gasteiger charge is -2.00. The third-order valence-corrected chi connectivity index (χ3v) is 2.93. The molecule has 1 fully saturated rings. The summed E-state index contributed by atoms with van der Waals surface area (Å²) in [7, 11) is -2.77. The second-order valence-corrected chi connectivity index (χ2v) is 5.66. The van der Waals surface area contributed by atoms with Gasteiger partial charge in [-0.05, 0) is 12.3 Å². The van der Waals surface area contributed by atoms with Crippen LogP contribution in [-0.4, -0.2) is 33.0 Å². The zero-order chi connectivity index (χ0) is 8.48. The molecule has 0 amide bonds. The molecule has 0 heterocycles. The molecule has 4 heteroatoms. The third-order valence-electron chi connectivity index (χ3n) is 1.99. The molecule has 0 aromatic heterocycles. The molecule has 0 radical (unpaired) electrons. The highest BCUT2D eigenvalue weighted by Crippen LogP contribution is 2.28. The minimum atomic E-state index is -2.77. The van der Waals surface area contributed by atoms with Gasteiger partial charge in [0.15, 0.2) is 0 Å². The summed E-state index contributed by atoms with van der Waals surface area (Å²) in [5.41, 5.74) is 0. The van der Waals surface area contributed by atoms with Crippen LogP contribution in [0.4, 0.5) is 0 Å². The van der Waals surface area contributed by atoms with Crippen LogP contribution in [0.3, 0.4) is 0 Å². The maximum Gasteiger partial charge on any atom is 0.148 e. The fourth-order valence-corrected chi connectivity index (χ4v) is 1.52. The molecule has 1 aliphatic carbocycles. The molecular formula is C7H15NO2S. The molecule has 0 aliphatic heterocycles. The summed E-state index contributed by atoms with van der Waals surface area (Å²) < 4.78 is 21.3. The van der Waals surface area contributed by atoms with Gasteiger partial charge in [0.1, 0.15) is 9.84 Å². The van der Waals surface area contributed by atoms with Gasteiger partial charge >= 0.3 is 0 Å². The van der Waals surface area contributed by atoms with Gasteiger partial charge in [-0.1, -0.05) is 6.92 Å². The van der Waals surface area contributed by atoms with E-state index in [1.807, 2.05) is 0 Å². The maximum absolute atomic E-state index is 10.7. The first-order chi connectivity index (χ1) is 4.99. The zero-order valence-electron chi connectivity index (χ0n) is 7.00. The SMILES string of the molecule is CC1CC1NCCS(C)(=O)=O. The highest BCUT2D eigenvalue weighted by atomic mass is 32.2. The largest absolute Gasteiger partial charge is 0.313 e. The Bertz CT molecular complexity index is 223. The Morgan fingerprint density at radius 2 is 2.09 bits per heavy atom. The first-order valence-corrected chi connectivity index (χ1v) is 5.96. The number of hydrogen-bond donors (Lipinski definition) is 1. The van der Waals surface area contributed by atoms with Crippen LogP contribution in [0.2, 0.25) is 0 Å². The molecule has 2 unspecified atom stereocenters. The van der Waals surface area contributed by atoms with Crippen LogP contribution in [0.5, 0.6) is 0 Å². The third kappa shape index (κ3) is 3.72. The normalized spacial score (nSPS) is 30.4. The summed E-state index contributed by atoms with van der Waals surface area (Å²) in [6, 6.07) is 0.580. The van der Waals surface area contributed by atoms with Crippen LogP contribution in [0, 0.1) is 5.92 Å².